The molecule has 0 aliphatic carbocycles. The average molecular weight is 211 g/mol. The van der Waals surface area contributed by atoms with Gasteiger partial charge in [-0.15, -0.1) is 0 Å². The van der Waals surface area contributed by atoms with Crippen molar-refractivity contribution >= 4 is 22.6 Å². The van der Waals surface area contributed by atoms with Crippen molar-refractivity contribution in [1.82, 2.24) is 0 Å². The van der Waals surface area contributed by atoms with Gasteiger partial charge in [0.2, 0.25) is 0 Å². The maximum absolute atomic E-state index is 3.80. The predicted molar refractivity (Wildman–Crippen MR) is 42.6 cm³/mol. The van der Waals surface area contributed by atoms with E-state index in [1.54, 1.807) is 0 Å². The first-order chi connectivity index (χ1) is 3.31. The fourth-order valence-corrected chi connectivity index (χ4v) is 1.39. The van der Waals surface area contributed by atoms with Crippen LogP contribution in [0.4, 0.5) is 0 Å². The van der Waals surface area contributed by atoms with Crippen LogP contribution in [0.15, 0.2) is 0 Å². The number of hydrogen-bond donors (Lipinski definition) is 0. The zero-order valence-corrected chi connectivity index (χ0v) is 6.94. The van der Waals surface area contributed by atoms with Crippen LogP contribution in [0.25, 0.3) is 0 Å². The molecule has 0 aliphatic rings. The maximum atomic E-state index is 3.80. The molecule has 0 saturated heterocycles. The standard InChI is InChI=1S/C6H12I/c1-3-6(2)4-5-7/h6H,1,3-5H2,2H3. The molecular formula is C6H12I. The van der Waals surface area contributed by atoms with Gasteiger partial charge in [-0.2, -0.15) is 0 Å². The van der Waals surface area contributed by atoms with Crippen molar-refractivity contribution in [3.05, 3.63) is 6.92 Å². The van der Waals surface area contributed by atoms with Gasteiger partial charge in [-0.1, -0.05) is 42.9 Å². The van der Waals surface area contributed by atoms with Crippen molar-refractivity contribution in [3.63, 3.8) is 0 Å². The molecule has 0 heterocycles. The fourth-order valence-electron chi connectivity index (χ4n) is 0.331. The van der Waals surface area contributed by atoms with E-state index in [0.717, 1.165) is 12.3 Å². The minimum absolute atomic E-state index is 0.830. The molecular weight excluding hydrogens is 199 g/mol. The number of halogens is 1. The minimum atomic E-state index is 0.830. The monoisotopic (exact) mass is 211 g/mol. The van der Waals surface area contributed by atoms with Crippen molar-refractivity contribution in [2.24, 2.45) is 5.92 Å². The zero-order valence-electron chi connectivity index (χ0n) is 4.78. The largest absolute Gasteiger partial charge is 0.0864 e. The lowest BCUT2D eigenvalue weighted by molar-refractivity contribution is 0.579. The second-order valence-corrected chi connectivity index (χ2v) is 2.95. The maximum Gasteiger partial charge on any atom is -0.000219 e. The quantitative estimate of drug-likeness (QED) is 0.497. The molecule has 0 aromatic rings. The highest BCUT2D eigenvalue weighted by Gasteiger charge is 1.93. The Balaban J connectivity index is 2.83. The van der Waals surface area contributed by atoms with Crippen LogP contribution < -0.4 is 0 Å². The van der Waals surface area contributed by atoms with Gasteiger partial charge in [0.15, 0.2) is 0 Å². The molecule has 1 radical (unpaired) electrons. The van der Waals surface area contributed by atoms with Gasteiger partial charge in [-0.25, -0.2) is 0 Å². The molecule has 0 fully saturated rings. The summed E-state index contributed by atoms with van der Waals surface area (Å²) in [6.07, 6.45) is 2.41. The van der Waals surface area contributed by atoms with Crippen molar-refractivity contribution in [2.45, 2.75) is 19.8 Å². The summed E-state index contributed by atoms with van der Waals surface area (Å²) in [4.78, 5) is 0. The molecule has 0 amide bonds. The highest BCUT2D eigenvalue weighted by atomic mass is 127. The predicted octanol–water partition coefficient (Wildman–Crippen LogP) is 2.67. The minimum Gasteiger partial charge on any atom is -0.0864 e. The van der Waals surface area contributed by atoms with Crippen LogP contribution in [0.5, 0.6) is 0 Å². The Morgan fingerprint density at radius 3 is 2.43 bits per heavy atom. The molecule has 0 rings (SSSR count). The Kier molecular flexibility index (Phi) is 5.39. The molecule has 0 saturated carbocycles. The smallest absolute Gasteiger partial charge is 0.000219 e. The van der Waals surface area contributed by atoms with E-state index in [1.807, 2.05) is 0 Å². The second kappa shape index (κ2) is 4.88. The van der Waals surface area contributed by atoms with Gasteiger partial charge in [-0.3, -0.25) is 0 Å². The van der Waals surface area contributed by atoms with Crippen LogP contribution in [-0.4, -0.2) is 4.43 Å². The molecule has 0 bridgehead atoms. The lowest BCUT2D eigenvalue weighted by atomic mass is 10.1. The number of hydrogen-bond acceptors (Lipinski definition) is 0. The second-order valence-electron chi connectivity index (χ2n) is 1.87. The Morgan fingerprint density at radius 2 is 2.29 bits per heavy atom. The third-order valence-corrected chi connectivity index (χ3v) is 1.72. The van der Waals surface area contributed by atoms with Crippen LogP contribution >= 0.6 is 22.6 Å². The normalized spacial score (nSPS) is 14.1. The molecule has 0 aromatic carbocycles. The summed E-state index contributed by atoms with van der Waals surface area (Å²) in [5.74, 6) is 0.830. The highest BCUT2D eigenvalue weighted by molar-refractivity contribution is 14.1. The Labute approximate surface area is 59.8 Å². The highest BCUT2D eigenvalue weighted by Crippen LogP contribution is 2.06. The van der Waals surface area contributed by atoms with Crippen molar-refractivity contribution < 1.29 is 0 Å². The van der Waals surface area contributed by atoms with Crippen LogP contribution in [0.2, 0.25) is 0 Å². The molecule has 0 N–H and O–H groups in total. The summed E-state index contributed by atoms with van der Waals surface area (Å²) in [6.45, 7) is 6.04. The molecule has 0 spiro atoms. The molecule has 1 unspecified atom stereocenters. The first kappa shape index (κ1) is 7.73. The topological polar surface area (TPSA) is 0 Å². The lowest BCUT2D eigenvalue weighted by Crippen LogP contribution is -1.90. The van der Waals surface area contributed by atoms with Crippen LogP contribution in [-0.2, 0) is 0 Å². The van der Waals surface area contributed by atoms with Gasteiger partial charge >= 0.3 is 0 Å². The van der Waals surface area contributed by atoms with E-state index in [-0.39, 0.29) is 0 Å². The Hall–Kier alpha value is 0.730. The summed E-state index contributed by atoms with van der Waals surface area (Å²) >= 11 is 2.40. The molecule has 1 atom stereocenters. The molecule has 0 aliphatic heterocycles. The average Bonchev–Trinajstić information content (AvgIpc) is 1.68. The third-order valence-electron chi connectivity index (χ3n) is 1.09. The summed E-state index contributed by atoms with van der Waals surface area (Å²) in [5, 5.41) is 0. The summed E-state index contributed by atoms with van der Waals surface area (Å²) in [7, 11) is 0. The van der Waals surface area contributed by atoms with E-state index in [4.69, 9.17) is 0 Å². The van der Waals surface area contributed by atoms with E-state index in [2.05, 4.69) is 36.4 Å². The van der Waals surface area contributed by atoms with E-state index in [0.29, 0.717) is 0 Å². The van der Waals surface area contributed by atoms with Gasteiger partial charge in [0, 0.05) is 0 Å². The van der Waals surface area contributed by atoms with Crippen molar-refractivity contribution in [1.29, 1.82) is 0 Å². The van der Waals surface area contributed by atoms with Gasteiger partial charge in [0.05, 0.1) is 0 Å². The molecule has 1 heteroatoms. The zero-order chi connectivity index (χ0) is 5.70. The van der Waals surface area contributed by atoms with E-state index in [9.17, 15) is 0 Å². The SMILES string of the molecule is [CH2]CC(C)CCI. The summed E-state index contributed by atoms with van der Waals surface area (Å²) in [6, 6.07) is 0. The van der Waals surface area contributed by atoms with Crippen LogP contribution in [0.3, 0.4) is 0 Å². The molecule has 43 valence electrons. The van der Waals surface area contributed by atoms with Gasteiger partial charge < -0.3 is 0 Å². The summed E-state index contributed by atoms with van der Waals surface area (Å²) in [5.41, 5.74) is 0. The number of rotatable bonds is 3. The molecule has 0 nitrogen and oxygen atoms in total. The summed E-state index contributed by atoms with van der Waals surface area (Å²) < 4.78 is 1.27. The Morgan fingerprint density at radius 1 is 1.71 bits per heavy atom. The van der Waals surface area contributed by atoms with Gasteiger partial charge in [-0.05, 0) is 16.8 Å². The third kappa shape index (κ3) is 4.59. The molecule has 0 aromatic heterocycles. The number of alkyl halides is 1. The van der Waals surface area contributed by atoms with Crippen molar-refractivity contribution in [3.8, 4) is 0 Å². The van der Waals surface area contributed by atoms with Crippen molar-refractivity contribution in [2.75, 3.05) is 4.43 Å². The van der Waals surface area contributed by atoms with Gasteiger partial charge in [0.25, 0.3) is 0 Å². The van der Waals surface area contributed by atoms with E-state index < -0.39 is 0 Å². The molecule has 7 heavy (non-hydrogen) atoms. The van der Waals surface area contributed by atoms with Crippen LogP contribution in [0.1, 0.15) is 19.8 Å². The van der Waals surface area contributed by atoms with Crippen LogP contribution in [0, 0.1) is 12.8 Å². The Bertz CT molecular complexity index is 35.2. The first-order valence-electron chi connectivity index (χ1n) is 2.66. The van der Waals surface area contributed by atoms with E-state index in [1.165, 1.54) is 10.8 Å². The fraction of sp³-hybridized carbons (Fsp3) is 0.833. The lowest BCUT2D eigenvalue weighted by Gasteiger charge is -2.01. The van der Waals surface area contributed by atoms with Gasteiger partial charge in [0.1, 0.15) is 0 Å². The first-order valence-corrected chi connectivity index (χ1v) is 4.19. The van der Waals surface area contributed by atoms with E-state index >= 15 is 0 Å².